The van der Waals surface area contributed by atoms with E-state index in [0.717, 1.165) is 43.1 Å². The van der Waals surface area contributed by atoms with E-state index in [0.29, 0.717) is 5.92 Å². The molecule has 0 radical (unpaired) electrons. The Labute approximate surface area is 128 Å². The van der Waals surface area contributed by atoms with E-state index in [1.165, 1.54) is 11.1 Å². The van der Waals surface area contributed by atoms with Crippen LogP contribution in [0.3, 0.4) is 0 Å². The van der Waals surface area contributed by atoms with Gasteiger partial charge in [0.25, 0.3) is 0 Å². The lowest BCUT2D eigenvalue weighted by Gasteiger charge is -2.12. The Hall–Kier alpha value is -1.77. The minimum atomic E-state index is 0.561. The number of aromatic nitrogens is 2. The first-order valence-corrected chi connectivity index (χ1v) is 8.01. The van der Waals surface area contributed by atoms with Crippen molar-refractivity contribution in [3.63, 3.8) is 0 Å². The Morgan fingerprint density at radius 1 is 1.19 bits per heavy atom. The van der Waals surface area contributed by atoms with Crippen LogP contribution in [-0.2, 0) is 19.4 Å². The topological polar surface area (TPSA) is 43.8 Å². The Balaban J connectivity index is 2.54. The summed E-state index contributed by atoms with van der Waals surface area (Å²) >= 11 is 0. The van der Waals surface area contributed by atoms with Gasteiger partial charge >= 0.3 is 0 Å². The molecule has 21 heavy (non-hydrogen) atoms. The summed E-state index contributed by atoms with van der Waals surface area (Å²) in [4.78, 5) is 4.87. The second-order valence-electron chi connectivity index (χ2n) is 6.03. The molecule has 2 N–H and O–H groups in total. The van der Waals surface area contributed by atoms with E-state index in [2.05, 4.69) is 56.5 Å². The summed E-state index contributed by atoms with van der Waals surface area (Å²) in [7, 11) is 0. The molecule has 0 spiro atoms. The Morgan fingerprint density at radius 2 is 1.90 bits per heavy atom. The molecular weight excluding hydrogens is 258 g/mol. The van der Waals surface area contributed by atoms with Gasteiger partial charge in [0.05, 0.1) is 0 Å². The van der Waals surface area contributed by atoms with Crippen LogP contribution in [0.2, 0.25) is 0 Å². The lowest BCUT2D eigenvalue weighted by Crippen LogP contribution is -2.11. The molecule has 114 valence electrons. The van der Waals surface area contributed by atoms with Crippen LogP contribution in [0.5, 0.6) is 0 Å². The van der Waals surface area contributed by atoms with Gasteiger partial charge in [0.2, 0.25) is 0 Å². The molecule has 0 aliphatic heterocycles. The smallest absolute Gasteiger partial charge is 0.131 e. The molecule has 0 amide bonds. The van der Waals surface area contributed by atoms with Crippen molar-refractivity contribution in [2.24, 2.45) is 5.92 Å². The Morgan fingerprint density at radius 3 is 2.52 bits per heavy atom. The van der Waals surface area contributed by atoms with Crippen molar-refractivity contribution in [2.45, 2.75) is 53.5 Å². The predicted octanol–water partition coefficient (Wildman–Crippen LogP) is 4.30. The van der Waals surface area contributed by atoms with Crippen LogP contribution in [-0.4, -0.2) is 9.55 Å². The third-order valence-corrected chi connectivity index (χ3v) is 3.76. The molecule has 0 aliphatic rings. The molecular formula is C18H27N3. The normalized spacial score (nSPS) is 11.3. The predicted molar refractivity (Wildman–Crippen MR) is 90.3 cm³/mol. The molecule has 1 heterocycles. The highest BCUT2D eigenvalue weighted by Gasteiger charge is 2.17. The number of benzene rings is 1. The first kappa shape index (κ1) is 15.6. The average Bonchev–Trinajstić information content (AvgIpc) is 2.76. The number of nitrogens with zero attached hydrogens (tertiary/aromatic N) is 2. The molecule has 0 fully saturated rings. The summed E-state index contributed by atoms with van der Waals surface area (Å²) in [5.74, 6) is 2.49. The minimum Gasteiger partial charge on any atom is -0.383 e. The van der Waals surface area contributed by atoms with Crippen LogP contribution < -0.4 is 5.73 Å². The van der Waals surface area contributed by atoms with Gasteiger partial charge in [0, 0.05) is 18.5 Å². The molecule has 3 nitrogen and oxygen atoms in total. The number of imidazole rings is 1. The maximum atomic E-state index is 6.44. The van der Waals surface area contributed by atoms with E-state index in [4.69, 9.17) is 10.7 Å². The molecule has 2 rings (SSSR count). The zero-order valence-electron chi connectivity index (χ0n) is 13.7. The van der Waals surface area contributed by atoms with Crippen LogP contribution >= 0.6 is 0 Å². The number of nitrogen functional groups attached to an aromatic ring is 1. The summed E-state index contributed by atoms with van der Waals surface area (Å²) in [5.41, 5.74) is 9.88. The van der Waals surface area contributed by atoms with Crippen molar-refractivity contribution < 1.29 is 0 Å². The molecule has 0 bridgehead atoms. The largest absolute Gasteiger partial charge is 0.383 e. The number of aryl methyl sites for hydroxylation is 2. The van der Waals surface area contributed by atoms with Crippen molar-refractivity contribution in [3.05, 3.63) is 35.7 Å². The second kappa shape index (κ2) is 6.79. The van der Waals surface area contributed by atoms with Gasteiger partial charge in [-0.3, -0.25) is 0 Å². The zero-order chi connectivity index (χ0) is 15.4. The summed E-state index contributed by atoms with van der Waals surface area (Å²) in [5, 5.41) is 0. The van der Waals surface area contributed by atoms with E-state index in [9.17, 15) is 0 Å². The van der Waals surface area contributed by atoms with Gasteiger partial charge < -0.3 is 10.3 Å². The van der Waals surface area contributed by atoms with E-state index in [-0.39, 0.29) is 0 Å². The number of hydrogen-bond donors (Lipinski definition) is 1. The molecule has 3 heteroatoms. The highest BCUT2D eigenvalue weighted by molar-refractivity contribution is 5.73. The van der Waals surface area contributed by atoms with E-state index >= 15 is 0 Å². The third kappa shape index (κ3) is 3.29. The fraction of sp³-hybridized carbons (Fsp3) is 0.500. The molecule has 0 saturated heterocycles. The molecule has 0 unspecified atom stereocenters. The van der Waals surface area contributed by atoms with E-state index in [1.807, 2.05) is 0 Å². The quantitative estimate of drug-likeness (QED) is 0.859. The standard InChI is InChI=1S/C18H27N3/c1-5-9-16-20-17(18(19)21(16)12-13(3)4)15-11-8-7-10-14(15)6-2/h7-8,10-11,13H,5-6,9,12,19H2,1-4H3. The van der Waals surface area contributed by atoms with E-state index in [1.54, 1.807) is 0 Å². The van der Waals surface area contributed by atoms with Gasteiger partial charge in [-0.2, -0.15) is 0 Å². The second-order valence-corrected chi connectivity index (χ2v) is 6.03. The van der Waals surface area contributed by atoms with Gasteiger partial charge in [0.1, 0.15) is 17.3 Å². The van der Waals surface area contributed by atoms with Crippen LogP contribution in [0.1, 0.15) is 45.5 Å². The van der Waals surface area contributed by atoms with Crippen LogP contribution in [0.15, 0.2) is 24.3 Å². The van der Waals surface area contributed by atoms with Gasteiger partial charge in [-0.15, -0.1) is 0 Å². The summed E-state index contributed by atoms with van der Waals surface area (Å²) in [6.07, 6.45) is 3.06. The zero-order valence-corrected chi connectivity index (χ0v) is 13.7. The Kier molecular flexibility index (Phi) is 5.05. The van der Waals surface area contributed by atoms with E-state index < -0.39 is 0 Å². The average molecular weight is 285 g/mol. The van der Waals surface area contributed by atoms with Crippen molar-refractivity contribution in [1.82, 2.24) is 9.55 Å². The van der Waals surface area contributed by atoms with Gasteiger partial charge in [-0.25, -0.2) is 4.98 Å². The number of rotatable bonds is 6. The lowest BCUT2D eigenvalue weighted by molar-refractivity contribution is 0.510. The van der Waals surface area contributed by atoms with Crippen molar-refractivity contribution in [3.8, 4) is 11.3 Å². The summed E-state index contributed by atoms with van der Waals surface area (Å²) in [6.45, 7) is 9.73. The van der Waals surface area contributed by atoms with Crippen LogP contribution in [0, 0.1) is 5.92 Å². The SMILES string of the molecule is CCCc1nc(-c2ccccc2CC)c(N)n1CC(C)C. The first-order chi connectivity index (χ1) is 10.1. The minimum absolute atomic E-state index is 0.561. The van der Waals surface area contributed by atoms with Crippen molar-refractivity contribution >= 4 is 5.82 Å². The highest BCUT2D eigenvalue weighted by Crippen LogP contribution is 2.30. The fourth-order valence-electron chi connectivity index (χ4n) is 2.75. The number of anilines is 1. The van der Waals surface area contributed by atoms with Gasteiger partial charge in [-0.1, -0.05) is 52.0 Å². The monoisotopic (exact) mass is 285 g/mol. The Bertz CT molecular complexity index is 597. The van der Waals surface area contributed by atoms with Crippen molar-refractivity contribution in [1.29, 1.82) is 0 Å². The number of nitrogens with two attached hydrogens (primary N) is 1. The van der Waals surface area contributed by atoms with Gasteiger partial charge in [0.15, 0.2) is 0 Å². The molecule has 2 aromatic rings. The lowest BCUT2D eigenvalue weighted by atomic mass is 10.0. The molecule has 1 aromatic carbocycles. The molecule has 1 aromatic heterocycles. The fourth-order valence-corrected chi connectivity index (χ4v) is 2.75. The molecule has 0 atom stereocenters. The van der Waals surface area contributed by atoms with Crippen LogP contribution in [0.25, 0.3) is 11.3 Å². The summed E-state index contributed by atoms with van der Waals surface area (Å²) in [6, 6.07) is 8.44. The van der Waals surface area contributed by atoms with Crippen molar-refractivity contribution in [2.75, 3.05) is 5.73 Å². The van der Waals surface area contributed by atoms with Gasteiger partial charge in [-0.05, 0) is 24.3 Å². The highest BCUT2D eigenvalue weighted by atomic mass is 15.1. The maximum Gasteiger partial charge on any atom is 0.131 e. The third-order valence-electron chi connectivity index (χ3n) is 3.76. The van der Waals surface area contributed by atoms with Crippen LogP contribution in [0.4, 0.5) is 5.82 Å². The summed E-state index contributed by atoms with van der Waals surface area (Å²) < 4.78 is 2.20. The number of hydrogen-bond acceptors (Lipinski definition) is 2. The molecule has 0 aliphatic carbocycles. The molecule has 0 saturated carbocycles. The first-order valence-electron chi connectivity index (χ1n) is 8.01. The maximum absolute atomic E-state index is 6.44.